The summed E-state index contributed by atoms with van der Waals surface area (Å²) in [5.41, 5.74) is 1.52. The third-order valence-corrected chi connectivity index (χ3v) is 2.62. The van der Waals surface area contributed by atoms with Gasteiger partial charge in [-0.1, -0.05) is 22.0 Å². The monoisotopic (exact) mass is 286 g/mol. The minimum absolute atomic E-state index is 0.0222. The number of esters is 1. The van der Waals surface area contributed by atoms with Gasteiger partial charge in [-0.15, -0.1) is 0 Å². The Morgan fingerprint density at radius 3 is 2.62 bits per heavy atom. The number of rotatable bonds is 4. The van der Waals surface area contributed by atoms with Crippen molar-refractivity contribution in [2.75, 3.05) is 7.11 Å². The number of hydrogen-bond donors (Lipinski definition) is 0. The summed E-state index contributed by atoms with van der Waals surface area (Å²) in [6.07, 6.45) is 0.0222. The van der Waals surface area contributed by atoms with Crippen LogP contribution in [0.4, 0.5) is 0 Å². The van der Waals surface area contributed by atoms with E-state index in [4.69, 9.17) is 9.47 Å². The van der Waals surface area contributed by atoms with E-state index in [1.165, 1.54) is 7.11 Å². The van der Waals surface area contributed by atoms with Crippen molar-refractivity contribution in [2.24, 2.45) is 0 Å². The largest absolute Gasteiger partial charge is 0.490 e. The highest BCUT2D eigenvalue weighted by Gasteiger charge is 2.14. The second kappa shape index (κ2) is 5.89. The van der Waals surface area contributed by atoms with E-state index in [0.717, 1.165) is 10.9 Å². The molecule has 0 N–H and O–H groups in total. The van der Waals surface area contributed by atoms with Gasteiger partial charge < -0.3 is 9.47 Å². The van der Waals surface area contributed by atoms with Crippen LogP contribution in [0.1, 0.15) is 29.8 Å². The Balaban J connectivity index is 3.10. The third-order valence-electron chi connectivity index (χ3n) is 1.97. The minimum Gasteiger partial charge on any atom is -0.490 e. The van der Waals surface area contributed by atoms with Gasteiger partial charge in [0.15, 0.2) is 0 Å². The summed E-state index contributed by atoms with van der Waals surface area (Å²) in [6, 6.07) is 5.44. The molecule has 0 fully saturated rings. The van der Waals surface area contributed by atoms with Crippen molar-refractivity contribution in [1.29, 1.82) is 0 Å². The van der Waals surface area contributed by atoms with Crippen LogP contribution in [0.5, 0.6) is 5.75 Å². The summed E-state index contributed by atoms with van der Waals surface area (Å²) in [4.78, 5) is 11.5. The second-order valence-corrected chi connectivity index (χ2v) is 4.18. The predicted molar refractivity (Wildman–Crippen MR) is 66.2 cm³/mol. The molecule has 0 heterocycles. The average molecular weight is 287 g/mol. The van der Waals surface area contributed by atoms with Gasteiger partial charge in [0, 0.05) is 5.33 Å². The molecular weight excluding hydrogens is 272 g/mol. The number of halogens is 1. The fourth-order valence-electron chi connectivity index (χ4n) is 1.28. The Morgan fingerprint density at radius 2 is 2.12 bits per heavy atom. The summed E-state index contributed by atoms with van der Waals surface area (Å²) in [6.45, 7) is 3.84. The number of carbonyl (C=O) groups is 1. The smallest absolute Gasteiger partial charge is 0.341 e. The Labute approximate surface area is 104 Å². The van der Waals surface area contributed by atoms with Gasteiger partial charge in [-0.2, -0.15) is 0 Å². The molecule has 0 aliphatic rings. The lowest BCUT2D eigenvalue weighted by molar-refractivity contribution is 0.0594. The zero-order valence-corrected chi connectivity index (χ0v) is 11.2. The molecule has 0 aliphatic heterocycles. The SMILES string of the molecule is COC(=O)c1ccc(CBr)cc1OC(C)C. The molecule has 0 unspecified atom stereocenters. The predicted octanol–water partition coefficient (Wildman–Crippen LogP) is 3.16. The van der Waals surface area contributed by atoms with E-state index in [2.05, 4.69) is 15.9 Å². The fraction of sp³-hybridized carbons (Fsp3) is 0.417. The van der Waals surface area contributed by atoms with E-state index in [9.17, 15) is 4.79 Å². The number of alkyl halides is 1. The molecule has 0 aliphatic carbocycles. The average Bonchev–Trinajstić information content (AvgIpc) is 2.27. The molecule has 0 aromatic heterocycles. The first-order valence-electron chi connectivity index (χ1n) is 5.02. The van der Waals surface area contributed by atoms with Crippen molar-refractivity contribution in [1.82, 2.24) is 0 Å². The summed E-state index contributed by atoms with van der Waals surface area (Å²) >= 11 is 3.36. The van der Waals surface area contributed by atoms with E-state index in [1.807, 2.05) is 26.0 Å². The third kappa shape index (κ3) is 3.23. The number of ether oxygens (including phenoxy) is 2. The Hall–Kier alpha value is -1.03. The molecule has 4 heteroatoms. The summed E-state index contributed by atoms with van der Waals surface area (Å²) in [5, 5.41) is 0.725. The van der Waals surface area contributed by atoms with E-state index in [0.29, 0.717) is 11.3 Å². The summed E-state index contributed by atoms with van der Waals surface area (Å²) in [5.74, 6) is 0.190. The maximum absolute atomic E-state index is 11.5. The van der Waals surface area contributed by atoms with E-state index < -0.39 is 0 Å². The molecule has 0 saturated carbocycles. The standard InChI is InChI=1S/C12H15BrO3/c1-8(2)16-11-6-9(7-13)4-5-10(11)12(14)15-3/h4-6,8H,7H2,1-3H3. The molecule has 1 aromatic rings. The lowest BCUT2D eigenvalue weighted by Gasteiger charge is -2.14. The molecule has 1 rings (SSSR count). The van der Waals surface area contributed by atoms with Crippen LogP contribution < -0.4 is 4.74 Å². The highest BCUT2D eigenvalue weighted by molar-refractivity contribution is 9.08. The molecule has 0 atom stereocenters. The zero-order valence-electron chi connectivity index (χ0n) is 9.62. The Bertz CT molecular complexity index is 375. The summed E-state index contributed by atoms with van der Waals surface area (Å²) in [7, 11) is 1.36. The maximum Gasteiger partial charge on any atom is 0.341 e. The van der Waals surface area contributed by atoms with Crippen molar-refractivity contribution < 1.29 is 14.3 Å². The highest BCUT2D eigenvalue weighted by Crippen LogP contribution is 2.23. The number of benzene rings is 1. The van der Waals surface area contributed by atoms with Crippen LogP contribution in [0.2, 0.25) is 0 Å². The molecule has 0 amide bonds. The lowest BCUT2D eigenvalue weighted by atomic mass is 10.1. The Kier molecular flexibility index (Phi) is 4.80. The molecule has 0 spiro atoms. The zero-order chi connectivity index (χ0) is 12.1. The normalized spacial score (nSPS) is 10.3. The summed E-state index contributed by atoms with van der Waals surface area (Å²) < 4.78 is 10.3. The second-order valence-electron chi connectivity index (χ2n) is 3.62. The minimum atomic E-state index is -0.378. The van der Waals surface area contributed by atoms with Gasteiger partial charge in [-0.3, -0.25) is 0 Å². The van der Waals surface area contributed by atoms with Crippen LogP contribution in [-0.4, -0.2) is 19.2 Å². The molecule has 0 saturated heterocycles. The number of methoxy groups -OCH3 is 1. The molecule has 88 valence electrons. The van der Waals surface area contributed by atoms with Gasteiger partial charge in [-0.05, 0) is 31.5 Å². The van der Waals surface area contributed by atoms with Crippen LogP contribution in [0.3, 0.4) is 0 Å². The number of carbonyl (C=O) groups excluding carboxylic acids is 1. The van der Waals surface area contributed by atoms with Gasteiger partial charge in [0.05, 0.1) is 13.2 Å². The van der Waals surface area contributed by atoms with Crippen LogP contribution in [0.15, 0.2) is 18.2 Å². The molecule has 0 radical (unpaired) electrons. The van der Waals surface area contributed by atoms with Gasteiger partial charge in [0.1, 0.15) is 11.3 Å². The first-order valence-corrected chi connectivity index (χ1v) is 6.14. The van der Waals surface area contributed by atoms with Gasteiger partial charge in [0.25, 0.3) is 0 Å². The van der Waals surface area contributed by atoms with E-state index >= 15 is 0 Å². The topological polar surface area (TPSA) is 35.5 Å². The molecule has 3 nitrogen and oxygen atoms in total. The van der Waals surface area contributed by atoms with Crippen molar-refractivity contribution in [3.63, 3.8) is 0 Å². The maximum atomic E-state index is 11.5. The van der Waals surface area contributed by atoms with Gasteiger partial charge >= 0.3 is 5.97 Å². The lowest BCUT2D eigenvalue weighted by Crippen LogP contribution is -2.11. The fourth-order valence-corrected chi connectivity index (χ4v) is 1.63. The number of hydrogen-bond acceptors (Lipinski definition) is 3. The first-order chi connectivity index (χ1) is 7.58. The van der Waals surface area contributed by atoms with E-state index in [1.54, 1.807) is 6.07 Å². The van der Waals surface area contributed by atoms with Crippen LogP contribution in [0, 0.1) is 0 Å². The van der Waals surface area contributed by atoms with Crippen molar-refractivity contribution in [2.45, 2.75) is 25.3 Å². The van der Waals surface area contributed by atoms with Gasteiger partial charge in [-0.25, -0.2) is 4.79 Å². The van der Waals surface area contributed by atoms with Crippen LogP contribution in [0.25, 0.3) is 0 Å². The Morgan fingerprint density at radius 1 is 1.44 bits per heavy atom. The van der Waals surface area contributed by atoms with Gasteiger partial charge in [0.2, 0.25) is 0 Å². The molecule has 0 bridgehead atoms. The van der Waals surface area contributed by atoms with E-state index in [-0.39, 0.29) is 12.1 Å². The van der Waals surface area contributed by atoms with Crippen molar-refractivity contribution in [3.8, 4) is 5.75 Å². The molecular formula is C12H15BrO3. The van der Waals surface area contributed by atoms with Crippen molar-refractivity contribution in [3.05, 3.63) is 29.3 Å². The van der Waals surface area contributed by atoms with Crippen LogP contribution in [-0.2, 0) is 10.1 Å². The quantitative estimate of drug-likeness (QED) is 0.630. The molecule has 16 heavy (non-hydrogen) atoms. The first kappa shape index (κ1) is 13.0. The highest BCUT2D eigenvalue weighted by atomic mass is 79.9. The van der Waals surface area contributed by atoms with Crippen LogP contribution >= 0.6 is 15.9 Å². The van der Waals surface area contributed by atoms with Crippen molar-refractivity contribution >= 4 is 21.9 Å². The molecule has 1 aromatic carbocycles.